The molecule has 2 N–H and O–H groups in total. The van der Waals surface area contributed by atoms with Crippen molar-refractivity contribution in [3.8, 4) is 0 Å². The van der Waals surface area contributed by atoms with Crippen LogP contribution in [0.15, 0.2) is 4.42 Å². The lowest BCUT2D eigenvalue weighted by Gasteiger charge is -2.06. The number of nitrogens with one attached hydrogen (secondary N) is 2. The van der Waals surface area contributed by atoms with E-state index in [-0.39, 0.29) is 0 Å². The smallest absolute Gasteiger partial charge is 0.315 e. The van der Waals surface area contributed by atoms with E-state index in [1.54, 1.807) is 0 Å². The average Bonchev–Trinajstić information content (AvgIpc) is 2.71. The second kappa shape index (κ2) is 8.03. The minimum Gasteiger partial charge on any atom is -0.407 e. The van der Waals surface area contributed by atoms with Gasteiger partial charge in [0.05, 0.1) is 6.54 Å². The van der Waals surface area contributed by atoms with E-state index in [1.165, 1.54) is 0 Å². The summed E-state index contributed by atoms with van der Waals surface area (Å²) in [5.74, 6) is 1.18. The summed E-state index contributed by atoms with van der Waals surface area (Å²) in [5.41, 5.74) is 0. The Morgan fingerprint density at radius 1 is 1.35 bits per heavy atom. The molecule has 0 aromatic carbocycles. The van der Waals surface area contributed by atoms with E-state index in [2.05, 4.69) is 34.7 Å². The highest BCUT2D eigenvalue weighted by molar-refractivity contribution is 5.16. The topological polar surface area (TPSA) is 72.2 Å². The minimum absolute atomic E-state index is 0.471. The van der Waals surface area contributed by atoms with Gasteiger partial charge in [0, 0.05) is 19.8 Å². The normalized spacial score (nSPS) is 11.1. The number of hydrogen-bond donors (Lipinski definition) is 2. The molecule has 0 unspecified atom stereocenters. The zero-order valence-corrected chi connectivity index (χ0v) is 10.8. The van der Waals surface area contributed by atoms with Crippen LogP contribution in [0.3, 0.4) is 0 Å². The number of anilines is 1. The lowest BCUT2D eigenvalue weighted by molar-refractivity contribution is 0.109. The molecule has 0 spiro atoms. The highest BCUT2D eigenvalue weighted by Crippen LogP contribution is 2.04. The first kappa shape index (κ1) is 13.9. The van der Waals surface area contributed by atoms with Crippen LogP contribution in [0.25, 0.3) is 0 Å². The van der Waals surface area contributed by atoms with Gasteiger partial charge in [-0.3, -0.25) is 0 Å². The number of hydrogen-bond acceptors (Lipinski definition) is 6. The SMILES string of the molecule is CNCc1nnc(NCCCOCC(C)C)o1. The molecule has 6 heteroatoms. The standard InChI is InChI=1S/C11H22N4O2/c1-9(2)8-16-6-4-5-13-11-15-14-10(17-11)7-12-3/h9,12H,4-8H2,1-3H3,(H,13,15). The Balaban J connectivity index is 2.05. The third-order valence-corrected chi connectivity index (χ3v) is 1.99. The molecular weight excluding hydrogens is 220 g/mol. The zero-order chi connectivity index (χ0) is 12.5. The first-order valence-electron chi connectivity index (χ1n) is 6.01. The maximum absolute atomic E-state index is 5.46. The number of nitrogens with zero attached hydrogens (tertiary/aromatic N) is 2. The molecule has 0 amide bonds. The fourth-order valence-electron chi connectivity index (χ4n) is 1.24. The van der Waals surface area contributed by atoms with E-state index < -0.39 is 0 Å². The molecule has 0 aliphatic carbocycles. The highest BCUT2D eigenvalue weighted by atomic mass is 16.5. The molecule has 1 rings (SSSR count). The molecule has 0 radical (unpaired) electrons. The van der Waals surface area contributed by atoms with Gasteiger partial charge < -0.3 is 19.8 Å². The monoisotopic (exact) mass is 242 g/mol. The van der Waals surface area contributed by atoms with Crippen LogP contribution < -0.4 is 10.6 Å². The first-order chi connectivity index (χ1) is 8.22. The van der Waals surface area contributed by atoms with E-state index in [0.29, 0.717) is 24.4 Å². The van der Waals surface area contributed by atoms with Gasteiger partial charge in [-0.1, -0.05) is 18.9 Å². The van der Waals surface area contributed by atoms with Crippen molar-refractivity contribution in [2.75, 3.05) is 32.1 Å². The van der Waals surface area contributed by atoms with Crippen LogP contribution >= 0.6 is 0 Å². The molecule has 0 aliphatic rings. The number of aromatic nitrogens is 2. The van der Waals surface area contributed by atoms with Gasteiger partial charge in [-0.2, -0.15) is 0 Å². The Labute approximate surface area is 102 Å². The summed E-state index contributed by atoms with van der Waals surface area (Å²) in [6, 6.07) is 0.471. The molecule has 17 heavy (non-hydrogen) atoms. The van der Waals surface area contributed by atoms with Crippen molar-refractivity contribution in [1.29, 1.82) is 0 Å². The van der Waals surface area contributed by atoms with Gasteiger partial charge in [0.2, 0.25) is 5.89 Å². The second-order valence-corrected chi connectivity index (χ2v) is 4.28. The van der Waals surface area contributed by atoms with Gasteiger partial charge >= 0.3 is 6.01 Å². The third-order valence-electron chi connectivity index (χ3n) is 1.99. The Hall–Kier alpha value is -1.14. The molecule has 98 valence electrons. The van der Waals surface area contributed by atoms with E-state index in [9.17, 15) is 0 Å². The lowest BCUT2D eigenvalue weighted by atomic mass is 10.2. The Morgan fingerprint density at radius 3 is 2.88 bits per heavy atom. The summed E-state index contributed by atoms with van der Waals surface area (Å²) in [4.78, 5) is 0. The zero-order valence-electron chi connectivity index (χ0n) is 10.8. The highest BCUT2D eigenvalue weighted by Gasteiger charge is 2.03. The Kier molecular flexibility index (Phi) is 6.57. The summed E-state index contributed by atoms with van der Waals surface area (Å²) < 4.78 is 10.8. The van der Waals surface area contributed by atoms with Crippen molar-refractivity contribution in [2.45, 2.75) is 26.8 Å². The van der Waals surface area contributed by atoms with Gasteiger partial charge in [-0.15, -0.1) is 5.10 Å². The number of ether oxygens (including phenoxy) is 1. The van der Waals surface area contributed by atoms with E-state index >= 15 is 0 Å². The number of rotatable bonds is 9. The molecule has 0 atom stereocenters. The minimum atomic E-state index is 0.471. The molecule has 0 fully saturated rings. The summed E-state index contributed by atoms with van der Waals surface area (Å²) in [6.45, 7) is 7.21. The molecule has 1 aromatic rings. The lowest BCUT2D eigenvalue weighted by Crippen LogP contribution is -2.08. The fourth-order valence-corrected chi connectivity index (χ4v) is 1.24. The molecule has 1 heterocycles. The van der Waals surface area contributed by atoms with E-state index in [0.717, 1.165) is 26.2 Å². The van der Waals surface area contributed by atoms with Crippen LogP contribution in [0.1, 0.15) is 26.2 Å². The van der Waals surface area contributed by atoms with E-state index in [1.807, 2.05) is 7.05 Å². The van der Waals surface area contributed by atoms with Crippen molar-refractivity contribution in [1.82, 2.24) is 15.5 Å². The van der Waals surface area contributed by atoms with Crippen molar-refractivity contribution in [3.63, 3.8) is 0 Å². The molecule has 0 aliphatic heterocycles. The predicted octanol–water partition coefficient (Wildman–Crippen LogP) is 1.26. The van der Waals surface area contributed by atoms with Crippen LogP contribution in [-0.4, -0.2) is 37.0 Å². The van der Waals surface area contributed by atoms with Gasteiger partial charge in [0.1, 0.15) is 0 Å². The van der Waals surface area contributed by atoms with Crippen LogP contribution in [-0.2, 0) is 11.3 Å². The predicted molar refractivity (Wildman–Crippen MR) is 65.8 cm³/mol. The maximum atomic E-state index is 5.46. The van der Waals surface area contributed by atoms with Crippen molar-refractivity contribution >= 4 is 6.01 Å². The summed E-state index contributed by atoms with van der Waals surface area (Å²) in [6.07, 6.45) is 0.927. The Bertz CT molecular complexity index is 301. The molecule has 0 saturated carbocycles. The molecule has 6 nitrogen and oxygen atoms in total. The quantitative estimate of drug-likeness (QED) is 0.635. The maximum Gasteiger partial charge on any atom is 0.315 e. The van der Waals surface area contributed by atoms with Crippen LogP contribution in [0.5, 0.6) is 0 Å². The summed E-state index contributed by atoms with van der Waals surface area (Å²) >= 11 is 0. The van der Waals surface area contributed by atoms with Gasteiger partial charge in [-0.05, 0) is 19.4 Å². The van der Waals surface area contributed by atoms with Crippen molar-refractivity contribution in [2.24, 2.45) is 5.92 Å². The third kappa shape index (κ3) is 6.23. The summed E-state index contributed by atoms with van der Waals surface area (Å²) in [5, 5.41) is 13.8. The van der Waals surface area contributed by atoms with Crippen LogP contribution in [0.4, 0.5) is 6.01 Å². The van der Waals surface area contributed by atoms with Crippen LogP contribution in [0.2, 0.25) is 0 Å². The van der Waals surface area contributed by atoms with E-state index in [4.69, 9.17) is 9.15 Å². The van der Waals surface area contributed by atoms with Crippen molar-refractivity contribution < 1.29 is 9.15 Å². The van der Waals surface area contributed by atoms with Gasteiger partial charge in [0.15, 0.2) is 0 Å². The van der Waals surface area contributed by atoms with Crippen molar-refractivity contribution in [3.05, 3.63) is 5.89 Å². The molecular formula is C11H22N4O2. The second-order valence-electron chi connectivity index (χ2n) is 4.28. The molecule has 0 saturated heterocycles. The average molecular weight is 242 g/mol. The Morgan fingerprint density at radius 2 is 2.18 bits per heavy atom. The largest absolute Gasteiger partial charge is 0.407 e. The fraction of sp³-hybridized carbons (Fsp3) is 0.818. The van der Waals surface area contributed by atoms with Gasteiger partial charge in [0.25, 0.3) is 0 Å². The molecule has 0 bridgehead atoms. The van der Waals surface area contributed by atoms with Crippen LogP contribution in [0, 0.1) is 5.92 Å². The summed E-state index contributed by atoms with van der Waals surface area (Å²) in [7, 11) is 1.84. The first-order valence-corrected chi connectivity index (χ1v) is 6.01. The van der Waals surface area contributed by atoms with Gasteiger partial charge in [-0.25, -0.2) is 0 Å². The molecule has 1 aromatic heterocycles.